The van der Waals surface area contributed by atoms with Gasteiger partial charge in [-0.25, -0.2) is 4.39 Å². The lowest BCUT2D eigenvalue weighted by atomic mass is 10.0. The molecule has 0 aliphatic heterocycles. The maximum atomic E-state index is 13.4. The summed E-state index contributed by atoms with van der Waals surface area (Å²) in [5.74, 6) is -0.179. The molecule has 3 N–H and O–H groups in total. The molecule has 0 saturated carbocycles. The van der Waals surface area contributed by atoms with Gasteiger partial charge in [0.2, 0.25) is 0 Å². The largest absolute Gasteiger partial charge is 0.329 e. The molecule has 1 unspecified atom stereocenters. The Kier molecular flexibility index (Phi) is 5.15. The van der Waals surface area contributed by atoms with E-state index in [2.05, 4.69) is 11.9 Å². The number of rotatable bonds is 6. The number of hydrogen-bond acceptors (Lipinski definition) is 2. The smallest absolute Gasteiger partial charge is 0.126 e. The van der Waals surface area contributed by atoms with Crippen molar-refractivity contribution >= 4 is 0 Å². The Morgan fingerprint density at radius 3 is 2.88 bits per heavy atom. The molecule has 16 heavy (non-hydrogen) atoms. The molecule has 88 valence electrons. The monoisotopic (exact) mass is 222 g/mol. The summed E-state index contributed by atoms with van der Waals surface area (Å²) < 4.78 is 13.4. The van der Waals surface area contributed by atoms with Crippen molar-refractivity contribution < 1.29 is 4.39 Å². The van der Waals surface area contributed by atoms with Crippen LogP contribution in [0, 0.1) is 12.7 Å². The highest BCUT2D eigenvalue weighted by atomic mass is 19.1. The third-order valence-corrected chi connectivity index (χ3v) is 2.57. The van der Waals surface area contributed by atoms with E-state index in [0.29, 0.717) is 12.1 Å². The topological polar surface area (TPSA) is 38.0 Å². The minimum Gasteiger partial charge on any atom is -0.329 e. The van der Waals surface area contributed by atoms with E-state index in [9.17, 15) is 4.39 Å². The second-order valence-corrected chi connectivity index (χ2v) is 3.83. The lowest BCUT2D eigenvalue weighted by Gasteiger charge is -2.17. The van der Waals surface area contributed by atoms with E-state index < -0.39 is 0 Å². The summed E-state index contributed by atoms with van der Waals surface area (Å²) in [6.45, 7) is 6.67. The SMILES string of the molecule is C=CCCNC(CN)c1ccc(C)c(F)c1. The molecule has 1 aromatic carbocycles. The first-order chi connectivity index (χ1) is 7.69. The predicted octanol–water partition coefficient (Wildman–Crippen LogP) is 2.30. The molecule has 0 heterocycles. The van der Waals surface area contributed by atoms with Crippen molar-refractivity contribution in [2.24, 2.45) is 5.73 Å². The molecule has 0 fully saturated rings. The molecule has 1 aromatic rings. The van der Waals surface area contributed by atoms with Gasteiger partial charge in [0.15, 0.2) is 0 Å². The lowest BCUT2D eigenvalue weighted by Crippen LogP contribution is -2.28. The van der Waals surface area contributed by atoms with Gasteiger partial charge in [-0.2, -0.15) is 0 Å². The molecule has 0 aliphatic rings. The zero-order valence-corrected chi connectivity index (χ0v) is 9.67. The third-order valence-electron chi connectivity index (χ3n) is 2.57. The molecular weight excluding hydrogens is 203 g/mol. The Morgan fingerprint density at radius 1 is 1.56 bits per heavy atom. The van der Waals surface area contributed by atoms with Gasteiger partial charge in [0.1, 0.15) is 5.82 Å². The second kappa shape index (κ2) is 6.40. The summed E-state index contributed by atoms with van der Waals surface area (Å²) in [4.78, 5) is 0. The van der Waals surface area contributed by atoms with Crippen LogP contribution in [0.1, 0.15) is 23.6 Å². The van der Waals surface area contributed by atoms with Crippen LogP contribution >= 0.6 is 0 Å². The average molecular weight is 222 g/mol. The van der Waals surface area contributed by atoms with E-state index in [1.165, 1.54) is 0 Å². The predicted molar refractivity (Wildman–Crippen MR) is 65.7 cm³/mol. The van der Waals surface area contributed by atoms with Crippen molar-refractivity contribution in [3.05, 3.63) is 47.8 Å². The first kappa shape index (κ1) is 12.9. The molecule has 1 rings (SSSR count). The van der Waals surface area contributed by atoms with Crippen LogP contribution in [0.4, 0.5) is 4.39 Å². The fourth-order valence-electron chi connectivity index (χ4n) is 1.52. The van der Waals surface area contributed by atoms with Crippen LogP contribution in [0.3, 0.4) is 0 Å². The second-order valence-electron chi connectivity index (χ2n) is 3.83. The number of halogens is 1. The van der Waals surface area contributed by atoms with Gasteiger partial charge < -0.3 is 11.1 Å². The highest BCUT2D eigenvalue weighted by Crippen LogP contribution is 2.15. The Hall–Kier alpha value is -1.19. The third kappa shape index (κ3) is 3.43. The first-order valence-electron chi connectivity index (χ1n) is 5.49. The van der Waals surface area contributed by atoms with Gasteiger partial charge in [0, 0.05) is 12.6 Å². The molecule has 2 nitrogen and oxygen atoms in total. The standard InChI is InChI=1S/C13H19FN2/c1-3-4-7-16-13(9-15)11-6-5-10(2)12(14)8-11/h3,5-6,8,13,16H,1,4,7,9,15H2,2H3. The van der Waals surface area contributed by atoms with Gasteiger partial charge in [0.25, 0.3) is 0 Å². The minimum absolute atomic E-state index is 0.00931. The molecule has 0 aromatic heterocycles. The number of aryl methyl sites for hydroxylation is 1. The van der Waals surface area contributed by atoms with Crippen molar-refractivity contribution in [3.63, 3.8) is 0 Å². The van der Waals surface area contributed by atoms with Crippen molar-refractivity contribution in [1.29, 1.82) is 0 Å². The Labute approximate surface area is 96.4 Å². The van der Waals surface area contributed by atoms with Gasteiger partial charge in [-0.3, -0.25) is 0 Å². The average Bonchev–Trinajstić information content (AvgIpc) is 2.29. The highest BCUT2D eigenvalue weighted by molar-refractivity contribution is 5.26. The summed E-state index contributed by atoms with van der Waals surface area (Å²) >= 11 is 0. The summed E-state index contributed by atoms with van der Waals surface area (Å²) in [6, 6.07) is 5.25. The van der Waals surface area contributed by atoms with Gasteiger partial charge in [-0.1, -0.05) is 18.2 Å². The van der Waals surface area contributed by atoms with Crippen LogP contribution in [0.5, 0.6) is 0 Å². The molecule has 0 bridgehead atoms. The van der Waals surface area contributed by atoms with E-state index in [4.69, 9.17) is 5.73 Å². The van der Waals surface area contributed by atoms with Crippen molar-refractivity contribution in [2.45, 2.75) is 19.4 Å². The maximum Gasteiger partial charge on any atom is 0.126 e. The highest BCUT2D eigenvalue weighted by Gasteiger charge is 2.09. The summed E-state index contributed by atoms with van der Waals surface area (Å²) in [7, 11) is 0. The molecule has 0 radical (unpaired) electrons. The lowest BCUT2D eigenvalue weighted by molar-refractivity contribution is 0.541. The molecular formula is C13H19FN2. The van der Waals surface area contributed by atoms with Crippen LogP contribution in [0.25, 0.3) is 0 Å². The number of hydrogen-bond donors (Lipinski definition) is 2. The molecule has 0 aliphatic carbocycles. The van der Waals surface area contributed by atoms with Gasteiger partial charge >= 0.3 is 0 Å². The van der Waals surface area contributed by atoms with E-state index >= 15 is 0 Å². The van der Waals surface area contributed by atoms with Crippen molar-refractivity contribution in [2.75, 3.05) is 13.1 Å². The van der Waals surface area contributed by atoms with Crippen LogP contribution < -0.4 is 11.1 Å². The number of nitrogens with one attached hydrogen (secondary N) is 1. The Balaban J connectivity index is 2.70. The van der Waals surface area contributed by atoms with Crippen LogP contribution in [-0.4, -0.2) is 13.1 Å². The van der Waals surface area contributed by atoms with Crippen LogP contribution in [-0.2, 0) is 0 Å². The van der Waals surface area contributed by atoms with Gasteiger partial charge in [0.05, 0.1) is 0 Å². The van der Waals surface area contributed by atoms with Crippen LogP contribution in [0.15, 0.2) is 30.9 Å². The Morgan fingerprint density at radius 2 is 2.31 bits per heavy atom. The van der Waals surface area contributed by atoms with E-state index in [0.717, 1.165) is 18.5 Å². The number of benzene rings is 1. The maximum absolute atomic E-state index is 13.4. The van der Waals surface area contributed by atoms with Crippen molar-refractivity contribution in [3.8, 4) is 0 Å². The van der Waals surface area contributed by atoms with E-state index in [1.54, 1.807) is 19.1 Å². The van der Waals surface area contributed by atoms with Gasteiger partial charge in [-0.15, -0.1) is 6.58 Å². The summed E-state index contributed by atoms with van der Waals surface area (Å²) in [6.07, 6.45) is 2.72. The van der Waals surface area contributed by atoms with E-state index in [1.807, 2.05) is 12.1 Å². The zero-order chi connectivity index (χ0) is 12.0. The first-order valence-corrected chi connectivity index (χ1v) is 5.49. The summed E-state index contributed by atoms with van der Waals surface area (Å²) in [5.41, 5.74) is 7.22. The fourth-order valence-corrected chi connectivity index (χ4v) is 1.52. The van der Waals surface area contributed by atoms with Gasteiger partial charge in [-0.05, 0) is 37.1 Å². The normalized spacial score (nSPS) is 12.4. The molecule has 0 spiro atoms. The van der Waals surface area contributed by atoms with E-state index in [-0.39, 0.29) is 11.9 Å². The Bertz CT molecular complexity index is 350. The minimum atomic E-state index is -0.179. The number of nitrogens with two attached hydrogens (primary N) is 1. The van der Waals surface area contributed by atoms with Crippen molar-refractivity contribution in [1.82, 2.24) is 5.32 Å². The summed E-state index contributed by atoms with van der Waals surface area (Å²) in [5, 5.41) is 3.27. The molecule has 3 heteroatoms. The fraction of sp³-hybridized carbons (Fsp3) is 0.385. The molecule has 0 saturated heterocycles. The zero-order valence-electron chi connectivity index (χ0n) is 9.67. The molecule has 1 atom stereocenters. The molecule has 0 amide bonds. The quantitative estimate of drug-likeness (QED) is 0.572. The van der Waals surface area contributed by atoms with Crippen LogP contribution in [0.2, 0.25) is 0 Å².